The van der Waals surface area contributed by atoms with E-state index in [1.807, 2.05) is 0 Å². The van der Waals surface area contributed by atoms with Crippen molar-refractivity contribution in [1.29, 1.82) is 0 Å². The molecule has 0 aliphatic heterocycles. The summed E-state index contributed by atoms with van der Waals surface area (Å²) in [6.07, 6.45) is 0. The molecule has 0 saturated heterocycles. The normalized spacial score (nSPS) is 10.6. The molecule has 0 atom stereocenters. The Morgan fingerprint density at radius 3 is 1.54 bits per heavy atom. The van der Waals surface area contributed by atoms with Gasteiger partial charge in [-0.3, -0.25) is 0 Å². The van der Waals surface area contributed by atoms with Crippen molar-refractivity contribution in [2.45, 2.75) is 20.8 Å². The molecule has 39 heavy (non-hydrogen) atoms. The maximum atomic E-state index is 2.28. The summed E-state index contributed by atoms with van der Waals surface area (Å²) in [6.45, 7) is 6.40. The molecule has 7 aromatic carbocycles. The van der Waals surface area contributed by atoms with Crippen LogP contribution in [0.25, 0.3) is 32.3 Å². The van der Waals surface area contributed by atoms with Crippen molar-refractivity contribution < 1.29 is 24.2 Å². The van der Waals surface area contributed by atoms with E-state index < -0.39 is 0 Å². The van der Waals surface area contributed by atoms with Crippen LogP contribution < -0.4 is 0 Å². The van der Waals surface area contributed by atoms with Crippen LogP contribution in [0.1, 0.15) is 27.8 Å². The van der Waals surface area contributed by atoms with Crippen molar-refractivity contribution in [1.82, 2.24) is 0 Å². The number of rotatable bonds is 2. The number of aryl methyl sites for hydroxylation is 3. The SMILES string of the molecule is Cc1ccc2[cH-]ccc2c1.Cc1ccc2c(c1)[cH-]c1cc(C)ccc12.[Zr+2]=[C](c1ccccc1)c1ccccc1. The van der Waals surface area contributed by atoms with E-state index in [1.54, 1.807) is 0 Å². The first-order valence-corrected chi connectivity index (χ1v) is 14.6. The number of hydrogen-bond donors (Lipinski definition) is 0. The molecule has 7 rings (SSSR count). The molecule has 0 aliphatic rings. The first-order valence-electron chi connectivity index (χ1n) is 13.4. The van der Waals surface area contributed by atoms with E-state index in [0.29, 0.717) is 0 Å². The summed E-state index contributed by atoms with van der Waals surface area (Å²) in [5.41, 5.74) is 6.65. The summed E-state index contributed by atoms with van der Waals surface area (Å²) >= 11 is 1.46. The average molecular weight is 580 g/mol. The van der Waals surface area contributed by atoms with E-state index in [0.717, 1.165) is 0 Å². The van der Waals surface area contributed by atoms with Crippen LogP contribution in [0, 0.1) is 20.8 Å². The molecule has 0 nitrogen and oxygen atoms in total. The molecule has 0 aromatic heterocycles. The van der Waals surface area contributed by atoms with Crippen LogP contribution >= 0.6 is 0 Å². The number of fused-ring (bicyclic) bond motifs is 4. The molecule has 0 unspecified atom stereocenters. The first-order chi connectivity index (χ1) is 19.0. The van der Waals surface area contributed by atoms with Gasteiger partial charge in [0.2, 0.25) is 0 Å². The van der Waals surface area contributed by atoms with E-state index in [-0.39, 0.29) is 0 Å². The van der Waals surface area contributed by atoms with Gasteiger partial charge in [0.1, 0.15) is 0 Å². The Morgan fingerprint density at radius 2 is 1.00 bits per heavy atom. The first kappa shape index (κ1) is 26.9. The van der Waals surface area contributed by atoms with Crippen LogP contribution in [0.15, 0.2) is 140 Å². The van der Waals surface area contributed by atoms with E-state index in [4.69, 9.17) is 0 Å². The molecule has 0 fully saturated rings. The Hall–Kier alpha value is -3.67. The maximum absolute atomic E-state index is 2.28. The monoisotopic (exact) mass is 578 g/mol. The summed E-state index contributed by atoms with van der Waals surface area (Å²) in [5.74, 6) is 0. The van der Waals surface area contributed by atoms with Gasteiger partial charge in [-0.1, -0.05) is 41.0 Å². The molecule has 0 amide bonds. The van der Waals surface area contributed by atoms with Gasteiger partial charge in [0.25, 0.3) is 0 Å². The standard InChI is InChI=1S/C15H13.C13H10.C10H9.Zr/c1-10-3-5-14-12(7-10)9-13-8-11(2)4-6-15(13)14;1-3-7-12(8-4-1)11-13-9-5-2-6-10-13;1-8-5-6-9-3-2-4-10(9)7-8;/h3-9H,1-2H3;1-10H;2-7H,1H3;/q-1;;-1;+2. The number of benzene rings is 5. The van der Waals surface area contributed by atoms with Crippen molar-refractivity contribution in [2.24, 2.45) is 0 Å². The second kappa shape index (κ2) is 12.5. The minimum atomic E-state index is 1.33. The third kappa shape index (κ3) is 6.67. The Labute approximate surface area is 246 Å². The Morgan fingerprint density at radius 1 is 0.513 bits per heavy atom. The van der Waals surface area contributed by atoms with Gasteiger partial charge in [0.15, 0.2) is 0 Å². The molecule has 0 radical (unpaired) electrons. The van der Waals surface area contributed by atoms with Gasteiger partial charge < -0.3 is 0 Å². The zero-order valence-corrected chi connectivity index (χ0v) is 25.2. The van der Waals surface area contributed by atoms with Crippen molar-refractivity contribution in [3.8, 4) is 0 Å². The fourth-order valence-corrected chi connectivity index (χ4v) is 5.70. The van der Waals surface area contributed by atoms with Gasteiger partial charge in [-0.15, -0.1) is 69.4 Å². The fourth-order valence-electron chi connectivity index (χ4n) is 4.88. The second-order valence-corrected chi connectivity index (χ2v) is 11.3. The van der Waals surface area contributed by atoms with Gasteiger partial charge in [0.05, 0.1) is 0 Å². The predicted octanol–water partition coefficient (Wildman–Crippen LogP) is 10.00. The summed E-state index contributed by atoms with van der Waals surface area (Å²) in [7, 11) is 0. The molecule has 0 spiro atoms. The summed E-state index contributed by atoms with van der Waals surface area (Å²) in [5, 5.41) is 8.14. The van der Waals surface area contributed by atoms with Crippen LogP contribution in [0.3, 0.4) is 0 Å². The zero-order valence-electron chi connectivity index (χ0n) is 22.8. The van der Waals surface area contributed by atoms with Crippen molar-refractivity contribution >= 4 is 35.5 Å². The molecule has 188 valence electrons. The molecular formula is C38H32Zr. The molecule has 0 heterocycles. The number of hydrogen-bond acceptors (Lipinski definition) is 0. The molecular weight excluding hydrogens is 548 g/mol. The average Bonchev–Trinajstić information content (AvgIpc) is 3.57. The molecule has 1 heteroatoms. The van der Waals surface area contributed by atoms with Gasteiger partial charge in [-0.2, -0.15) is 17.5 Å². The van der Waals surface area contributed by atoms with E-state index in [9.17, 15) is 0 Å². The Kier molecular flexibility index (Phi) is 8.60. The van der Waals surface area contributed by atoms with Crippen LogP contribution in [-0.2, 0) is 24.2 Å². The second-order valence-electron chi connectivity index (χ2n) is 10.1. The third-order valence-corrected chi connectivity index (χ3v) is 8.35. The van der Waals surface area contributed by atoms with Crippen LogP contribution in [-0.4, -0.2) is 3.21 Å². The summed E-state index contributed by atoms with van der Waals surface area (Å²) in [6, 6.07) is 49.6. The predicted molar refractivity (Wildman–Crippen MR) is 167 cm³/mol. The zero-order chi connectivity index (χ0) is 27.2. The van der Waals surface area contributed by atoms with Gasteiger partial charge in [-0.05, 0) is 20.8 Å². The summed E-state index contributed by atoms with van der Waals surface area (Å²) in [4.78, 5) is 0. The molecule has 0 N–H and O–H groups in total. The van der Waals surface area contributed by atoms with Crippen molar-refractivity contribution in [3.05, 3.63) is 167 Å². The van der Waals surface area contributed by atoms with Crippen LogP contribution in [0.5, 0.6) is 0 Å². The van der Waals surface area contributed by atoms with Gasteiger partial charge in [-0.25, -0.2) is 0 Å². The Bertz CT molecular complexity index is 1730. The topological polar surface area (TPSA) is 0 Å². The van der Waals surface area contributed by atoms with Crippen LogP contribution in [0.2, 0.25) is 0 Å². The minimum absolute atomic E-state index is 1.33. The Balaban J connectivity index is 0.000000121. The van der Waals surface area contributed by atoms with Gasteiger partial charge >= 0.3 is 99.2 Å². The quantitative estimate of drug-likeness (QED) is 0.179. The van der Waals surface area contributed by atoms with Crippen LogP contribution in [0.4, 0.5) is 0 Å². The van der Waals surface area contributed by atoms with Crippen molar-refractivity contribution in [3.63, 3.8) is 0 Å². The van der Waals surface area contributed by atoms with Crippen molar-refractivity contribution in [2.75, 3.05) is 0 Å². The summed E-state index contributed by atoms with van der Waals surface area (Å²) < 4.78 is 1.42. The van der Waals surface area contributed by atoms with Gasteiger partial charge in [0, 0.05) is 0 Å². The molecule has 0 bridgehead atoms. The molecule has 0 aliphatic carbocycles. The van der Waals surface area contributed by atoms with E-state index in [2.05, 4.69) is 160 Å². The third-order valence-electron chi connectivity index (χ3n) is 6.93. The van der Waals surface area contributed by atoms with E-state index >= 15 is 0 Å². The van der Waals surface area contributed by atoms with E-state index in [1.165, 1.54) is 87.6 Å². The molecule has 7 aromatic rings. The molecule has 0 saturated carbocycles. The fraction of sp³-hybridized carbons (Fsp3) is 0.0789.